The molecular weight excluding hydrogens is 378 g/mol. The largest absolute Gasteiger partial charge is 0.220 e. The van der Waals surface area contributed by atoms with Crippen LogP contribution in [0.4, 0.5) is 0 Å². The highest BCUT2D eigenvalue weighted by atomic mass is 28.3. The number of hydrogen-bond acceptors (Lipinski definition) is 0. The van der Waals surface area contributed by atoms with Crippen molar-refractivity contribution in [3.8, 4) is 11.3 Å². The average Bonchev–Trinajstić information content (AvgIpc) is 2.76. The maximum atomic E-state index is 8.93. The van der Waals surface area contributed by atoms with Crippen molar-refractivity contribution in [1.29, 1.82) is 0 Å². The van der Waals surface area contributed by atoms with Crippen LogP contribution in [0.2, 0.25) is 13.1 Å². The Kier molecular flexibility index (Phi) is 4.83. The normalized spacial score (nSPS) is 12.3. The van der Waals surface area contributed by atoms with E-state index in [9.17, 15) is 0 Å². The molecule has 2 heteroatoms. The third-order valence-electron chi connectivity index (χ3n) is 6.71. The van der Waals surface area contributed by atoms with Crippen molar-refractivity contribution in [3.05, 3.63) is 89.1 Å². The van der Waals surface area contributed by atoms with Crippen LogP contribution in [0.25, 0.3) is 22.0 Å². The molecule has 4 aromatic rings. The van der Waals surface area contributed by atoms with Gasteiger partial charge >= 0.3 is 0 Å². The Balaban J connectivity index is 2.03. The average molecular weight is 412 g/mol. The lowest BCUT2D eigenvalue weighted by Crippen LogP contribution is -2.52. The Bertz CT molecular complexity index is 1310. The quantitative estimate of drug-likeness (QED) is 0.314. The summed E-state index contributed by atoms with van der Waals surface area (Å²) in [6.07, 6.45) is 0. The zero-order valence-electron chi connectivity index (χ0n) is 20.2. The van der Waals surface area contributed by atoms with Gasteiger partial charge in [-0.3, -0.25) is 0 Å². The van der Waals surface area contributed by atoms with Crippen molar-refractivity contribution in [2.75, 3.05) is 0 Å². The van der Waals surface area contributed by atoms with Crippen LogP contribution in [0.3, 0.4) is 0 Å². The zero-order valence-corrected chi connectivity index (χ0v) is 20.2. The minimum Gasteiger partial charge on any atom is -0.198 e. The summed E-state index contributed by atoms with van der Waals surface area (Å²) in [4.78, 5) is 0. The third kappa shape index (κ3) is 3.39. The summed E-state index contributed by atoms with van der Waals surface area (Å²) in [5, 5.41) is 5.01. The molecule has 3 aromatic carbocycles. The van der Waals surface area contributed by atoms with Crippen LogP contribution in [-0.4, -0.2) is 8.07 Å². The fourth-order valence-electron chi connectivity index (χ4n) is 4.50. The van der Waals surface area contributed by atoms with Crippen molar-refractivity contribution in [2.45, 2.75) is 40.8 Å². The maximum absolute atomic E-state index is 8.93. The Hall–Kier alpha value is -2.71. The van der Waals surface area contributed by atoms with Crippen LogP contribution in [0.5, 0.6) is 0 Å². The summed E-state index contributed by atoms with van der Waals surface area (Å²) in [6, 6.07) is 22.9. The first kappa shape index (κ1) is 19.3. The van der Waals surface area contributed by atoms with Gasteiger partial charge in [-0.25, -0.2) is 0 Å². The van der Waals surface area contributed by atoms with Crippen molar-refractivity contribution >= 4 is 29.2 Å². The van der Waals surface area contributed by atoms with E-state index in [0.29, 0.717) is 6.04 Å². The van der Waals surface area contributed by atoms with Crippen LogP contribution >= 0.6 is 0 Å². The van der Waals surface area contributed by atoms with Crippen LogP contribution < -0.4 is 14.9 Å². The van der Waals surface area contributed by atoms with E-state index in [2.05, 4.69) is 113 Å². The Labute approximate surface area is 183 Å². The van der Waals surface area contributed by atoms with Crippen LogP contribution in [0, 0.1) is 27.7 Å². The van der Waals surface area contributed by atoms with Crippen molar-refractivity contribution in [3.63, 3.8) is 0 Å². The minimum absolute atomic E-state index is 0.628. The molecule has 152 valence electrons. The molecule has 0 aliphatic carbocycles. The molecular formula is C28H32NSi+. The van der Waals surface area contributed by atoms with E-state index in [0.717, 1.165) is 16.5 Å². The smallest absolute Gasteiger partial charge is 0.198 e. The lowest BCUT2D eigenvalue weighted by Gasteiger charge is -2.24. The molecule has 0 radical (unpaired) electrons. The Morgan fingerprint density at radius 2 is 1.53 bits per heavy atom. The first-order chi connectivity index (χ1) is 14.6. The number of nitrogens with zero attached hydrogens (tertiary/aromatic N) is 1. The number of benzene rings is 3. The highest BCUT2D eigenvalue weighted by Crippen LogP contribution is 2.31. The lowest BCUT2D eigenvalue weighted by molar-refractivity contribution is -0.665. The monoisotopic (exact) mass is 411 g/mol. The zero-order chi connectivity index (χ0) is 22.5. The van der Waals surface area contributed by atoms with Crippen LogP contribution in [0.15, 0.2) is 66.7 Å². The van der Waals surface area contributed by atoms with Crippen molar-refractivity contribution < 1.29 is 5.94 Å². The molecule has 1 aromatic heterocycles. The van der Waals surface area contributed by atoms with Gasteiger partial charge in [0.15, 0.2) is 5.69 Å². The molecule has 0 bridgehead atoms. The summed E-state index contributed by atoms with van der Waals surface area (Å²) in [7, 11) is 0.251. The summed E-state index contributed by atoms with van der Waals surface area (Å²) < 4.78 is 11.1. The molecule has 0 atom stereocenters. The number of rotatable bonds is 3. The standard InChI is InChI=1S/C28H32NSi/c1-19-15-20(2)22(4)27(16-19)28-26-14-13-25(18-23(26)17-21(3)29(28)5)30(6,7)24-11-9-8-10-12-24/h8-18H,1-7H3/q+1/i17D. The Morgan fingerprint density at radius 3 is 2.23 bits per heavy atom. The third-order valence-corrected chi connectivity index (χ3v) is 10.2. The molecule has 0 aliphatic heterocycles. The fourth-order valence-corrected chi connectivity index (χ4v) is 6.87. The van der Waals surface area contributed by atoms with Crippen molar-refractivity contribution in [1.82, 2.24) is 0 Å². The number of aromatic nitrogens is 1. The van der Waals surface area contributed by atoms with Gasteiger partial charge in [-0.15, -0.1) is 0 Å². The number of aryl methyl sites for hydroxylation is 2. The predicted molar refractivity (Wildman–Crippen MR) is 133 cm³/mol. The van der Waals surface area contributed by atoms with Gasteiger partial charge < -0.3 is 0 Å². The SMILES string of the molecule is [2H]c1c(C)[n+](C)c(-c2cc(C)cc(C)c2C)c2ccc([Si](C)(C)c3ccccc3)cc12. The molecule has 1 heterocycles. The number of pyridine rings is 1. The first-order valence-electron chi connectivity index (χ1n) is 11.2. The van der Waals surface area contributed by atoms with Crippen molar-refractivity contribution in [2.24, 2.45) is 7.05 Å². The summed E-state index contributed by atoms with van der Waals surface area (Å²) in [5.74, 6) is 0. The van der Waals surface area contributed by atoms with Crippen LogP contribution in [0.1, 0.15) is 23.8 Å². The molecule has 4 rings (SSSR count). The van der Waals surface area contributed by atoms with Gasteiger partial charge in [-0.1, -0.05) is 77.6 Å². The molecule has 1 nitrogen and oxygen atoms in total. The van der Waals surface area contributed by atoms with E-state index in [1.54, 1.807) is 0 Å². The molecule has 0 fully saturated rings. The molecule has 0 N–H and O–H groups in total. The van der Waals surface area contributed by atoms with Gasteiger partial charge in [0, 0.05) is 13.0 Å². The molecule has 0 saturated heterocycles. The minimum atomic E-state index is -1.84. The summed E-state index contributed by atoms with van der Waals surface area (Å²) in [6.45, 7) is 13.4. The second-order valence-electron chi connectivity index (χ2n) is 9.12. The van der Waals surface area contributed by atoms with Gasteiger partial charge in [0.05, 0.1) is 12.3 Å². The van der Waals surface area contributed by atoms with Gasteiger partial charge in [0.2, 0.25) is 5.69 Å². The van der Waals surface area contributed by atoms with E-state index < -0.39 is 8.07 Å². The Morgan fingerprint density at radius 1 is 0.833 bits per heavy atom. The van der Waals surface area contributed by atoms with Crippen LogP contribution in [-0.2, 0) is 7.05 Å². The number of hydrogen-bond donors (Lipinski definition) is 0. The summed E-state index contributed by atoms with van der Waals surface area (Å²) in [5.41, 5.74) is 7.36. The molecule has 0 aliphatic rings. The van der Waals surface area contributed by atoms with Gasteiger partial charge in [0.1, 0.15) is 15.1 Å². The second-order valence-corrected chi connectivity index (χ2v) is 13.5. The van der Waals surface area contributed by atoms with E-state index in [-0.39, 0.29) is 0 Å². The highest BCUT2D eigenvalue weighted by Gasteiger charge is 2.27. The van der Waals surface area contributed by atoms with E-state index in [1.807, 2.05) is 0 Å². The summed E-state index contributed by atoms with van der Waals surface area (Å²) >= 11 is 0. The molecule has 0 unspecified atom stereocenters. The van der Waals surface area contributed by atoms with E-state index in [4.69, 9.17) is 1.37 Å². The number of fused-ring (bicyclic) bond motifs is 1. The van der Waals surface area contributed by atoms with E-state index >= 15 is 0 Å². The fraction of sp³-hybridized carbons (Fsp3) is 0.250. The first-order valence-corrected chi connectivity index (χ1v) is 13.7. The lowest BCUT2D eigenvalue weighted by atomic mass is 9.94. The van der Waals surface area contributed by atoms with Gasteiger partial charge in [-0.2, -0.15) is 4.57 Å². The molecule has 30 heavy (non-hydrogen) atoms. The van der Waals surface area contributed by atoms with Gasteiger partial charge in [-0.05, 0) is 49.4 Å². The van der Waals surface area contributed by atoms with E-state index in [1.165, 1.54) is 38.3 Å². The molecule has 0 saturated carbocycles. The van der Waals surface area contributed by atoms with Gasteiger partial charge in [0.25, 0.3) is 0 Å². The molecule has 0 spiro atoms. The maximum Gasteiger partial charge on any atom is 0.220 e. The molecule has 0 amide bonds. The second kappa shape index (κ2) is 7.52. The highest BCUT2D eigenvalue weighted by molar-refractivity contribution is 7.00. The topological polar surface area (TPSA) is 3.88 Å². The predicted octanol–water partition coefficient (Wildman–Crippen LogP) is 5.39.